The van der Waals surface area contributed by atoms with E-state index in [4.69, 9.17) is 5.73 Å². The number of amides is 3. The van der Waals surface area contributed by atoms with Gasteiger partial charge in [-0.3, -0.25) is 4.79 Å². The smallest absolute Gasteiger partial charge is 0.319 e. The van der Waals surface area contributed by atoms with Crippen molar-refractivity contribution < 1.29 is 9.59 Å². The van der Waals surface area contributed by atoms with Crippen molar-refractivity contribution in [2.45, 2.75) is 64.1 Å². The number of urea groups is 1. The van der Waals surface area contributed by atoms with Gasteiger partial charge < -0.3 is 21.7 Å². The van der Waals surface area contributed by atoms with E-state index in [1.54, 1.807) is 6.92 Å². The van der Waals surface area contributed by atoms with Crippen molar-refractivity contribution >= 4 is 17.6 Å². The molecule has 1 aromatic carbocycles. The molecule has 1 aliphatic rings. The average Bonchev–Trinajstić information content (AvgIpc) is 3.31. The third-order valence-corrected chi connectivity index (χ3v) is 4.22. The molecule has 1 saturated carbocycles. The first-order chi connectivity index (χ1) is 11.3. The fourth-order valence-corrected chi connectivity index (χ4v) is 2.51. The second-order valence-corrected chi connectivity index (χ2v) is 6.86. The molecule has 6 heteroatoms. The van der Waals surface area contributed by atoms with E-state index >= 15 is 0 Å². The maximum atomic E-state index is 12.3. The standard InChI is InChI=1S/C18H28N4O2/c1-4-11-18(3,19)16(23)20-12(2)13-5-7-14(8-6-13)21-17(24)22-15-9-10-15/h5-8,12,15H,4,9-11,19H2,1-3H3,(H,20,23)(H2,21,22,24). The number of nitrogens with one attached hydrogen (secondary N) is 3. The normalized spacial score (nSPS) is 17.5. The number of anilines is 1. The molecule has 0 saturated heterocycles. The zero-order chi connectivity index (χ0) is 17.7. The van der Waals surface area contributed by atoms with Crippen molar-refractivity contribution in [2.75, 3.05) is 5.32 Å². The van der Waals surface area contributed by atoms with Crippen LogP contribution in [0.2, 0.25) is 0 Å². The largest absolute Gasteiger partial charge is 0.348 e. The Morgan fingerprint density at radius 3 is 2.46 bits per heavy atom. The molecule has 0 heterocycles. The van der Waals surface area contributed by atoms with Gasteiger partial charge in [-0.1, -0.05) is 25.5 Å². The van der Waals surface area contributed by atoms with Crippen molar-refractivity contribution in [2.24, 2.45) is 5.73 Å². The molecule has 2 atom stereocenters. The van der Waals surface area contributed by atoms with Gasteiger partial charge >= 0.3 is 6.03 Å². The van der Waals surface area contributed by atoms with Crippen LogP contribution in [0.4, 0.5) is 10.5 Å². The highest BCUT2D eigenvalue weighted by atomic mass is 16.2. The summed E-state index contributed by atoms with van der Waals surface area (Å²) >= 11 is 0. The molecule has 0 spiro atoms. The van der Waals surface area contributed by atoms with Crippen LogP contribution >= 0.6 is 0 Å². The fourth-order valence-electron chi connectivity index (χ4n) is 2.51. The van der Waals surface area contributed by atoms with Gasteiger partial charge in [0.05, 0.1) is 11.6 Å². The Balaban J connectivity index is 1.89. The Hall–Kier alpha value is -2.08. The van der Waals surface area contributed by atoms with E-state index in [1.807, 2.05) is 38.1 Å². The lowest BCUT2D eigenvalue weighted by Gasteiger charge is -2.25. The molecule has 5 N–H and O–H groups in total. The summed E-state index contributed by atoms with van der Waals surface area (Å²) in [5.74, 6) is -0.150. The van der Waals surface area contributed by atoms with E-state index in [-0.39, 0.29) is 18.0 Å². The zero-order valence-electron chi connectivity index (χ0n) is 14.7. The molecule has 0 aliphatic heterocycles. The quantitative estimate of drug-likeness (QED) is 0.618. The first kappa shape index (κ1) is 18.3. The highest BCUT2D eigenvalue weighted by Gasteiger charge is 2.28. The highest BCUT2D eigenvalue weighted by Crippen LogP contribution is 2.20. The van der Waals surface area contributed by atoms with Crippen molar-refractivity contribution in [3.63, 3.8) is 0 Å². The van der Waals surface area contributed by atoms with Crippen LogP contribution in [0, 0.1) is 0 Å². The Kier molecular flexibility index (Phi) is 5.83. The van der Waals surface area contributed by atoms with E-state index < -0.39 is 5.54 Å². The van der Waals surface area contributed by atoms with Gasteiger partial charge in [0.1, 0.15) is 0 Å². The molecular weight excluding hydrogens is 304 g/mol. The summed E-state index contributed by atoms with van der Waals surface area (Å²) in [5, 5.41) is 8.63. The molecule has 0 radical (unpaired) electrons. The number of nitrogens with two attached hydrogens (primary N) is 1. The first-order valence-electron chi connectivity index (χ1n) is 8.59. The van der Waals surface area contributed by atoms with Gasteiger partial charge in [-0.05, 0) is 50.8 Å². The van der Waals surface area contributed by atoms with Crippen LogP contribution in [-0.2, 0) is 4.79 Å². The maximum Gasteiger partial charge on any atom is 0.319 e. The molecule has 6 nitrogen and oxygen atoms in total. The molecule has 132 valence electrons. The number of carbonyl (C=O) groups is 2. The molecule has 2 unspecified atom stereocenters. The van der Waals surface area contributed by atoms with E-state index in [2.05, 4.69) is 16.0 Å². The van der Waals surface area contributed by atoms with Crippen LogP contribution in [0.25, 0.3) is 0 Å². The molecule has 1 aromatic rings. The number of hydrogen-bond donors (Lipinski definition) is 4. The van der Waals surface area contributed by atoms with Gasteiger partial charge in [0.25, 0.3) is 0 Å². The van der Waals surface area contributed by atoms with Crippen LogP contribution in [0.15, 0.2) is 24.3 Å². The predicted octanol–water partition coefficient (Wildman–Crippen LogP) is 2.67. The lowest BCUT2D eigenvalue weighted by atomic mass is 9.95. The van der Waals surface area contributed by atoms with Crippen molar-refractivity contribution in [3.05, 3.63) is 29.8 Å². The van der Waals surface area contributed by atoms with Gasteiger partial charge in [0.2, 0.25) is 5.91 Å². The molecule has 2 rings (SSSR count). The van der Waals surface area contributed by atoms with E-state index in [0.717, 1.165) is 30.5 Å². The summed E-state index contributed by atoms with van der Waals surface area (Å²) < 4.78 is 0. The fraction of sp³-hybridized carbons (Fsp3) is 0.556. The van der Waals surface area contributed by atoms with Gasteiger partial charge in [0.15, 0.2) is 0 Å². The summed E-state index contributed by atoms with van der Waals surface area (Å²) in [5.41, 5.74) is 6.89. The molecule has 3 amide bonds. The van der Waals surface area contributed by atoms with Gasteiger partial charge in [-0.25, -0.2) is 4.79 Å². The molecule has 24 heavy (non-hydrogen) atoms. The van der Waals surface area contributed by atoms with E-state index in [1.165, 1.54) is 0 Å². The lowest BCUT2D eigenvalue weighted by molar-refractivity contribution is -0.126. The highest BCUT2D eigenvalue weighted by molar-refractivity contribution is 5.89. The van der Waals surface area contributed by atoms with Crippen molar-refractivity contribution in [1.29, 1.82) is 0 Å². The number of benzene rings is 1. The van der Waals surface area contributed by atoms with Crippen LogP contribution in [0.3, 0.4) is 0 Å². The first-order valence-corrected chi connectivity index (χ1v) is 8.59. The van der Waals surface area contributed by atoms with Crippen molar-refractivity contribution in [1.82, 2.24) is 10.6 Å². The number of hydrogen-bond acceptors (Lipinski definition) is 3. The minimum absolute atomic E-state index is 0.147. The average molecular weight is 332 g/mol. The summed E-state index contributed by atoms with van der Waals surface area (Å²) in [6, 6.07) is 7.46. The minimum atomic E-state index is -0.856. The van der Waals surface area contributed by atoms with E-state index in [0.29, 0.717) is 12.5 Å². The predicted molar refractivity (Wildman–Crippen MR) is 95.7 cm³/mol. The second kappa shape index (κ2) is 7.66. The van der Waals surface area contributed by atoms with Gasteiger partial charge in [-0.15, -0.1) is 0 Å². The Morgan fingerprint density at radius 1 is 1.29 bits per heavy atom. The molecular formula is C18H28N4O2. The molecule has 0 bridgehead atoms. The van der Waals surface area contributed by atoms with Crippen LogP contribution in [0.1, 0.15) is 58.1 Å². The third kappa shape index (κ3) is 5.23. The Morgan fingerprint density at radius 2 is 1.92 bits per heavy atom. The molecule has 1 aliphatic carbocycles. The summed E-state index contributed by atoms with van der Waals surface area (Å²) in [7, 11) is 0. The molecule has 0 aromatic heterocycles. The van der Waals surface area contributed by atoms with Crippen molar-refractivity contribution in [3.8, 4) is 0 Å². The van der Waals surface area contributed by atoms with Crippen LogP contribution in [-0.4, -0.2) is 23.5 Å². The summed E-state index contributed by atoms with van der Waals surface area (Å²) in [4.78, 5) is 24.0. The zero-order valence-corrected chi connectivity index (χ0v) is 14.7. The second-order valence-electron chi connectivity index (χ2n) is 6.86. The number of rotatable bonds is 7. The monoisotopic (exact) mass is 332 g/mol. The SMILES string of the molecule is CCCC(C)(N)C(=O)NC(C)c1ccc(NC(=O)NC2CC2)cc1. The van der Waals surface area contributed by atoms with E-state index in [9.17, 15) is 9.59 Å². The summed E-state index contributed by atoms with van der Waals surface area (Å²) in [6.45, 7) is 5.68. The van der Waals surface area contributed by atoms with Crippen LogP contribution < -0.4 is 21.7 Å². The Labute approximate surface area is 143 Å². The topological polar surface area (TPSA) is 96.2 Å². The minimum Gasteiger partial charge on any atom is -0.348 e. The lowest BCUT2D eigenvalue weighted by Crippen LogP contribution is -2.52. The van der Waals surface area contributed by atoms with Crippen LogP contribution in [0.5, 0.6) is 0 Å². The van der Waals surface area contributed by atoms with Gasteiger partial charge in [-0.2, -0.15) is 0 Å². The maximum absolute atomic E-state index is 12.3. The third-order valence-electron chi connectivity index (χ3n) is 4.22. The van der Waals surface area contributed by atoms with Gasteiger partial charge in [0, 0.05) is 11.7 Å². The number of carbonyl (C=O) groups excluding carboxylic acids is 2. The Bertz CT molecular complexity index is 579. The molecule has 1 fully saturated rings. The summed E-state index contributed by atoms with van der Waals surface area (Å²) in [6.07, 6.45) is 3.62.